The van der Waals surface area contributed by atoms with Gasteiger partial charge in [0.15, 0.2) is 5.65 Å². The number of rotatable bonds is 4. The van der Waals surface area contributed by atoms with Gasteiger partial charge in [0.1, 0.15) is 11.5 Å². The lowest BCUT2D eigenvalue weighted by atomic mass is 9.80. The van der Waals surface area contributed by atoms with Crippen molar-refractivity contribution >= 4 is 22.8 Å². The molecule has 0 atom stereocenters. The van der Waals surface area contributed by atoms with E-state index in [9.17, 15) is 18.0 Å². The van der Waals surface area contributed by atoms with Crippen LogP contribution in [0.3, 0.4) is 0 Å². The molecule has 4 heterocycles. The third kappa shape index (κ3) is 4.33. The van der Waals surface area contributed by atoms with Crippen molar-refractivity contribution in [1.29, 1.82) is 0 Å². The molecule has 0 saturated carbocycles. The van der Waals surface area contributed by atoms with Gasteiger partial charge in [-0.1, -0.05) is 6.92 Å². The summed E-state index contributed by atoms with van der Waals surface area (Å²) < 4.78 is 41.2. The van der Waals surface area contributed by atoms with Crippen molar-refractivity contribution in [3.8, 4) is 11.4 Å². The zero-order valence-corrected chi connectivity index (χ0v) is 17.3. The second kappa shape index (κ2) is 7.82. The number of carbonyl (C=O) groups is 1. The number of aromatic nitrogens is 4. The molecule has 0 bridgehead atoms. The van der Waals surface area contributed by atoms with E-state index in [0.29, 0.717) is 36.5 Å². The van der Waals surface area contributed by atoms with Crippen LogP contribution in [-0.4, -0.2) is 45.7 Å². The van der Waals surface area contributed by atoms with E-state index in [1.54, 1.807) is 12.1 Å². The summed E-state index contributed by atoms with van der Waals surface area (Å²) in [5, 5.41) is 10.1. The first-order valence-corrected chi connectivity index (χ1v) is 10.0. The lowest BCUT2D eigenvalue weighted by Gasteiger charge is -2.40. The van der Waals surface area contributed by atoms with E-state index in [-0.39, 0.29) is 25.6 Å². The summed E-state index contributed by atoms with van der Waals surface area (Å²) in [6.07, 6.45) is -1.43. The van der Waals surface area contributed by atoms with Gasteiger partial charge in [0.05, 0.1) is 11.3 Å². The summed E-state index contributed by atoms with van der Waals surface area (Å²) in [6.45, 7) is 5.45. The van der Waals surface area contributed by atoms with Crippen molar-refractivity contribution < 1.29 is 20.8 Å². The molecule has 1 saturated heterocycles. The van der Waals surface area contributed by atoms with E-state index in [0.717, 1.165) is 18.9 Å². The number of hydrogen-bond donors (Lipinski definition) is 2. The number of H-pyrrole nitrogens is 1. The van der Waals surface area contributed by atoms with Gasteiger partial charge in [-0.2, -0.15) is 18.3 Å². The lowest BCUT2D eigenvalue weighted by molar-refractivity contribution is -0.137. The first-order chi connectivity index (χ1) is 14.7. The van der Waals surface area contributed by atoms with E-state index in [1.807, 2.05) is 4.90 Å². The molecule has 4 rings (SSSR count). The monoisotopic (exact) mass is 436 g/mol. The quantitative estimate of drug-likeness (QED) is 0.638. The van der Waals surface area contributed by atoms with E-state index in [1.165, 1.54) is 19.2 Å². The highest BCUT2D eigenvalue weighted by atomic mass is 19.4. The topological polar surface area (TPSA) is 86.8 Å². The maximum Gasteiger partial charge on any atom is 0.418 e. The molecule has 168 valence electrons. The summed E-state index contributed by atoms with van der Waals surface area (Å²) in [4.78, 5) is 21.7. The van der Waals surface area contributed by atoms with Gasteiger partial charge in [0.2, 0.25) is 5.91 Å². The minimum absolute atomic E-state index is 0. The van der Waals surface area contributed by atoms with Gasteiger partial charge in [0, 0.05) is 41.0 Å². The summed E-state index contributed by atoms with van der Waals surface area (Å²) >= 11 is 0. The smallest absolute Gasteiger partial charge is 0.357 e. The van der Waals surface area contributed by atoms with E-state index in [2.05, 4.69) is 32.4 Å². The minimum Gasteiger partial charge on any atom is -0.357 e. The fourth-order valence-electron chi connectivity index (χ4n) is 3.87. The first-order valence-electron chi connectivity index (χ1n) is 10.0. The normalized spacial score (nSPS) is 16.5. The molecule has 10 heteroatoms. The first kappa shape index (κ1) is 21.1. The number of alkyl halides is 3. The summed E-state index contributed by atoms with van der Waals surface area (Å²) in [7, 11) is 0. The minimum atomic E-state index is -4.56. The van der Waals surface area contributed by atoms with Gasteiger partial charge in [-0.15, -0.1) is 0 Å². The Morgan fingerprint density at radius 2 is 2.03 bits per heavy atom. The number of pyridine rings is 2. The second-order valence-electron chi connectivity index (χ2n) is 8.24. The molecule has 0 unspecified atom stereocenters. The van der Waals surface area contributed by atoms with Crippen LogP contribution in [0.4, 0.5) is 19.0 Å². The number of carbonyl (C=O) groups excluding carboxylic acids is 1. The standard InChI is InChI=1S/C21H23F3N6O.2H2/c1-13(31)26-12-20(2)7-10-30(11-8-20)16-6-5-15(21(22,23)24)18(27-16)17-14-4-3-9-25-19(14)29-28-17;;/h3-6,9H,7-8,10-12H2,1-2H3,(H,26,31)(H,25,28,29);2*1H. The number of piperidine rings is 1. The van der Waals surface area contributed by atoms with Crippen LogP contribution in [0.15, 0.2) is 30.5 Å². The Hall–Kier alpha value is -3.17. The molecule has 1 aliphatic heterocycles. The van der Waals surface area contributed by atoms with Gasteiger partial charge < -0.3 is 10.2 Å². The molecular weight excluding hydrogens is 409 g/mol. The average molecular weight is 436 g/mol. The lowest BCUT2D eigenvalue weighted by Crippen LogP contribution is -2.44. The number of amides is 1. The van der Waals surface area contributed by atoms with Crippen molar-refractivity contribution in [2.24, 2.45) is 5.41 Å². The van der Waals surface area contributed by atoms with Crippen LogP contribution in [0.1, 0.15) is 35.1 Å². The molecule has 1 aliphatic rings. The highest BCUT2D eigenvalue weighted by Crippen LogP contribution is 2.39. The van der Waals surface area contributed by atoms with Crippen LogP contribution >= 0.6 is 0 Å². The zero-order chi connectivity index (χ0) is 22.2. The van der Waals surface area contributed by atoms with Crippen molar-refractivity contribution in [3.05, 3.63) is 36.0 Å². The van der Waals surface area contributed by atoms with Crippen molar-refractivity contribution in [3.63, 3.8) is 0 Å². The molecule has 31 heavy (non-hydrogen) atoms. The second-order valence-corrected chi connectivity index (χ2v) is 8.24. The molecule has 1 fully saturated rings. The van der Waals surface area contributed by atoms with Crippen molar-refractivity contribution in [2.45, 2.75) is 32.9 Å². The maximum absolute atomic E-state index is 13.7. The van der Waals surface area contributed by atoms with Gasteiger partial charge in [-0.05, 0) is 42.5 Å². The van der Waals surface area contributed by atoms with Crippen molar-refractivity contribution in [2.75, 3.05) is 24.5 Å². The van der Waals surface area contributed by atoms with E-state index < -0.39 is 11.7 Å². The highest BCUT2D eigenvalue weighted by molar-refractivity contribution is 5.90. The number of nitrogens with one attached hydrogen (secondary N) is 2. The van der Waals surface area contributed by atoms with Crippen LogP contribution in [0.5, 0.6) is 0 Å². The molecule has 1 amide bonds. The molecule has 7 nitrogen and oxygen atoms in total. The molecule has 0 aromatic carbocycles. The Bertz CT molecular complexity index is 1110. The summed E-state index contributed by atoms with van der Waals surface area (Å²) in [5.74, 6) is 0.412. The molecular formula is C21H27F3N6O. The van der Waals surface area contributed by atoms with Crippen LogP contribution in [0, 0.1) is 5.41 Å². The number of hydrogen-bond acceptors (Lipinski definition) is 5. The van der Waals surface area contributed by atoms with Crippen LogP contribution in [0.2, 0.25) is 0 Å². The molecule has 0 radical (unpaired) electrons. The number of aromatic amines is 1. The van der Waals surface area contributed by atoms with E-state index >= 15 is 0 Å². The summed E-state index contributed by atoms with van der Waals surface area (Å²) in [6, 6.07) is 5.81. The molecule has 0 spiro atoms. The van der Waals surface area contributed by atoms with Gasteiger partial charge >= 0.3 is 6.18 Å². The highest BCUT2D eigenvalue weighted by Gasteiger charge is 2.37. The van der Waals surface area contributed by atoms with E-state index in [4.69, 9.17) is 0 Å². The Labute approximate surface area is 180 Å². The fraction of sp³-hybridized carbons (Fsp3) is 0.429. The van der Waals surface area contributed by atoms with Crippen LogP contribution in [-0.2, 0) is 11.0 Å². The molecule has 0 aliphatic carbocycles. The Balaban J connectivity index is 0.00000193. The SMILES string of the molecule is CC(=O)NCC1(C)CCN(c2ccc(C(F)(F)F)c(-c3[nH]nc4ncccc34)n2)CC1.[HH].[HH]. The molecule has 2 N–H and O–H groups in total. The Kier molecular flexibility index (Phi) is 5.32. The number of nitrogens with zero attached hydrogens (tertiary/aromatic N) is 4. The third-order valence-corrected chi connectivity index (χ3v) is 5.81. The van der Waals surface area contributed by atoms with Gasteiger partial charge in [0.25, 0.3) is 0 Å². The Morgan fingerprint density at radius 1 is 1.29 bits per heavy atom. The average Bonchev–Trinajstić information content (AvgIpc) is 3.16. The molecule has 3 aromatic heterocycles. The van der Waals surface area contributed by atoms with Gasteiger partial charge in [-0.25, -0.2) is 9.97 Å². The Morgan fingerprint density at radius 3 is 2.71 bits per heavy atom. The van der Waals surface area contributed by atoms with Crippen LogP contribution in [0.25, 0.3) is 22.4 Å². The number of fused-ring (bicyclic) bond motifs is 1. The third-order valence-electron chi connectivity index (χ3n) is 5.81. The molecule has 3 aromatic rings. The van der Waals surface area contributed by atoms with Crippen LogP contribution < -0.4 is 10.2 Å². The number of anilines is 1. The van der Waals surface area contributed by atoms with Gasteiger partial charge in [-0.3, -0.25) is 9.89 Å². The predicted octanol–water partition coefficient (Wildman–Crippen LogP) is 4.27. The fourth-order valence-corrected chi connectivity index (χ4v) is 3.87. The number of halogens is 3. The van der Waals surface area contributed by atoms with Crippen molar-refractivity contribution in [1.82, 2.24) is 25.5 Å². The zero-order valence-electron chi connectivity index (χ0n) is 17.3. The maximum atomic E-state index is 13.7. The summed E-state index contributed by atoms with van der Waals surface area (Å²) in [5.41, 5.74) is -0.526. The predicted molar refractivity (Wildman–Crippen MR) is 115 cm³/mol. The largest absolute Gasteiger partial charge is 0.418 e.